The molecule has 0 spiro atoms. The minimum atomic E-state index is 0. The standard InChI is InChI=1S/C2H6S.CH4.2Y/c1-3-2;;;/h1-2H3;1H4;;/p+1. The largest absolute Gasteiger partial charge is 0.0949 e. The zero-order chi connectivity index (χ0) is 2.71. The molecular formula is C3H11SY2+. The van der Waals surface area contributed by atoms with Crippen LogP contribution >= 0.6 is 0 Å². The summed E-state index contributed by atoms with van der Waals surface area (Å²) in [6.45, 7) is 0. The van der Waals surface area contributed by atoms with Gasteiger partial charge in [-0.25, -0.2) is 0 Å². The predicted octanol–water partition coefficient (Wildman–Crippen LogP) is 0.692. The normalized spacial score (nSPS) is 3.00. The molecule has 0 atom stereocenters. The molecule has 0 saturated heterocycles. The van der Waals surface area contributed by atoms with Crippen LogP contribution < -0.4 is 0 Å². The molecule has 0 aromatic heterocycles. The SMILES string of the molecule is C.C[SH+]C.[Y].[Y]. The third-order valence-corrected chi connectivity index (χ3v) is 0. The minimum absolute atomic E-state index is 0. The van der Waals surface area contributed by atoms with Gasteiger partial charge < -0.3 is 0 Å². The summed E-state index contributed by atoms with van der Waals surface area (Å²) in [5.74, 6) is 0. The van der Waals surface area contributed by atoms with Crippen molar-refractivity contribution >= 4 is 11.8 Å². The molecule has 0 aromatic rings. The Labute approximate surface area is 95.4 Å². The fourth-order valence-corrected chi connectivity index (χ4v) is 0. The number of rotatable bonds is 0. The van der Waals surface area contributed by atoms with Gasteiger partial charge in [-0.05, 0) is 11.8 Å². The van der Waals surface area contributed by atoms with Crippen LogP contribution in [0, 0.1) is 0 Å². The molecule has 2 radical (unpaired) electrons. The number of hydrogen-bond donors (Lipinski definition) is 0. The molecule has 0 aliphatic carbocycles. The van der Waals surface area contributed by atoms with Crippen molar-refractivity contribution in [2.75, 3.05) is 12.5 Å². The van der Waals surface area contributed by atoms with Gasteiger partial charge in [0.25, 0.3) is 0 Å². The van der Waals surface area contributed by atoms with Crippen molar-refractivity contribution in [1.82, 2.24) is 0 Å². The van der Waals surface area contributed by atoms with E-state index in [0.29, 0.717) is 0 Å². The van der Waals surface area contributed by atoms with E-state index in [0.717, 1.165) is 0 Å². The second-order valence-electron chi connectivity index (χ2n) is 0.447. The van der Waals surface area contributed by atoms with Crippen molar-refractivity contribution in [3.8, 4) is 0 Å². The first-order valence-electron chi connectivity index (χ1n) is 0.894. The van der Waals surface area contributed by atoms with Crippen molar-refractivity contribution in [3.63, 3.8) is 0 Å². The summed E-state index contributed by atoms with van der Waals surface area (Å²) in [5.41, 5.74) is 0. The first kappa shape index (κ1) is 23.5. The quantitative estimate of drug-likeness (QED) is 0.442. The Balaban J connectivity index is -0.00000000667. The van der Waals surface area contributed by atoms with Gasteiger partial charge in [-0.1, -0.05) is 7.43 Å². The second kappa shape index (κ2) is 25.7. The number of hydrogen-bond acceptors (Lipinski definition) is 0. The summed E-state index contributed by atoms with van der Waals surface area (Å²) >= 11 is 1.42. The van der Waals surface area contributed by atoms with Gasteiger partial charge in [0.15, 0.2) is 0 Å². The molecule has 0 aromatic carbocycles. The van der Waals surface area contributed by atoms with Crippen LogP contribution in [0.4, 0.5) is 0 Å². The monoisotopic (exact) mass is 257 g/mol. The predicted molar refractivity (Wildman–Crippen MR) is 27.3 cm³/mol. The minimum Gasteiger partial charge on any atom is -0.0776 e. The third kappa shape index (κ3) is 31.0. The Morgan fingerprint density at radius 2 is 1.00 bits per heavy atom. The van der Waals surface area contributed by atoms with Gasteiger partial charge in [0.1, 0.15) is 0 Å². The Kier molecular flexibility index (Phi) is 101. The summed E-state index contributed by atoms with van der Waals surface area (Å²) in [7, 11) is 0. The molecule has 3 heteroatoms. The molecule has 0 aliphatic heterocycles. The van der Waals surface area contributed by atoms with E-state index in [4.69, 9.17) is 0 Å². The molecule has 0 aliphatic rings. The van der Waals surface area contributed by atoms with Crippen molar-refractivity contribution in [1.29, 1.82) is 0 Å². The van der Waals surface area contributed by atoms with E-state index in [9.17, 15) is 0 Å². The van der Waals surface area contributed by atoms with Crippen LogP contribution in [-0.4, -0.2) is 12.5 Å². The van der Waals surface area contributed by atoms with E-state index >= 15 is 0 Å². The zero-order valence-corrected chi connectivity index (χ0v) is 10.2. The maximum atomic E-state index is 2.10. The van der Waals surface area contributed by atoms with Gasteiger partial charge in [0, 0.05) is 65.4 Å². The van der Waals surface area contributed by atoms with Crippen LogP contribution in [0.15, 0.2) is 0 Å². The summed E-state index contributed by atoms with van der Waals surface area (Å²) in [5, 5.41) is 0. The maximum Gasteiger partial charge on any atom is 0.0949 e. The summed E-state index contributed by atoms with van der Waals surface area (Å²) in [6.07, 6.45) is 4.19. The molecule has 6 heavy (non-hydrogen) atoms. The van der Waals surface area contributed by atoms with E-state index in [2.05, 4.69) is 12.5 Å². The molecule has 0 N–H and O–H groups in total. The topological polar surface area (TPSA) is 0 Å². The molecular weight excluding hydrogens is 246 g/mol. The fraction of sp³-hybridized carbons (Fsp3) is 1.00. The van der Waals surface area contributed by atoms with E-state index < -0.39 is 0 Å². The average Bonchev–Trinajstić information content (AvgIpc) is 0.918. The Bertz CT molecular complexity index is 8.75. The van der Waals surface area contributed by atoms with Crippen LogP contribution in [0.2, 0.25) is 0 Å². The zero-order valence-electron chi connectivity index (χ0n) is 3.60. The van der Waals surface area contributed by atoms with Crippen LogP contribution in [0.3, 0.4) is 0 Å². The van der Waals surface area contributed by atoms with Crippen LogP contribution in [0.25, 0.3) is 0 Å². The molecule has 0 rings (SSSR count). The average molecular weight is 257 g/mol. The summed E-state index contributed by atoms with van der Waals surface area (Å²) in [6, 6.07) is 0. The molecule has 0 unspecified atom stereocenters. The Morgan fingerprint density at radius 3 is 1.00 bits per heavy atom. The molecule has 0 amide bonds. The van der Waals surface area contributed by atoms with Crippen LogP contribution in [0.5, 0.6) is 0 Å². The molecule has 34 valence electrons. The van der Waals surface area contributed by atoms with Crippen molar-refractivity contribution in [3.05, 3.63) is 0 Å². The van der Waals surface area contributed by atoms with Gasteiger partial charge in [-0.3, -0.25) is 0 Å². The van der Waals surface area contributed by atoms with E-state index in [1.54, 1.807) is 0 Å². The molecule has 0 fully saturated rings. The smallest absolute Gasteiger partial charge is 0.0776 e. The fourth-order valence-electron chi connectivity index (χ4n) is 0. The molecule has 0 nitrogen and oxygen atoms in total. The van der Waals surface area contributed by atoms with Gasteiger partial charge in [-0.15, -0.1) is 0 Å². The second-order valence-corrected chi connectivity index (χ2v) is 1.34. The van der Waals surface area contributed by atoms with E-state index in [1.165, 1.54) is 11.8 Å². The molecule has 0 saturated carbocycles. The van der Waals surface area contributed by atoms with Crippen molar-refractivity contribution in [2.45, 2.75) is 7.43 Å². The summed E-state index contributed by atoms with van der Waals surface area (Å²) < 4.78 is 0. The molecule has 0 heterocycles. The maximum absolute atomic E-state index is 2.10. The first-order chi connectivity index (χ1) is 1.41. The number of thiol groups is 1. The molecule has 0 bridgehead atoms. The Hall–Kier alpha value is 2.56. The van der Waals surface area contributed by atoms with Crippen molar-refractivity contribution in [2.24, 2.45) is 0 Å². The van der Waals surface area contributed by atoms with Gasteiger partial charge in [0.05, 0.1) is 12.5 Å². The third-order valence-electron chi connectivity index (χ3n) is 0. The van der Waals surface area contributed by atoms with Crippen molar-refractivity contribution < 1.29 is 65.4 Å². The first-order valence-corrected chi connectivity index (χ1v) is 2.68. The van der Waals surface area contributed by atoms with E-state index in [-0.39, 0.29) is 72.8 Å². The van der Waals surface area contributed by atoms with Gasteiger partial charge in [0.2, 0.25) is 0 Å². The van der Waals surface area contributed by atoms with Gasteiger partial charge in [-0.2, -0.15) is 0 Å². The van der Waals surface area contributed by atoms with E-state index in [1.807, 2.05) is 0 Å². The van der Waals surface area contributed by atoms with Gasteiger partial charge >= 0.3 is 0 Å². The van der Waals surface area contributed by atoms with Crippen LogP contribution in [-0.2, 0) is 77.2 Å². The Morgan fingerprint density at radius 1 is 1.00 bits per heavy atom. The van der Waals surface area contributed by atoms with Crippen LogP contribution in [0.1, 0.15) is 7.43 Å². The summed E-state index contributed by atoms with van der Waals surface area (Å²) in [4.78, 5) is 0.